The number of fused-ring (bicyclic) bond motifs is 6. The van der Waals surface area contributed by atoms with Crippen LogP contribution in [0.1, 0.15) is 52.4 Å². The Bertz CT molecular complexity index is 1090. The minimum absolute atomic E-state index is 0.202. The van der Waals surface area contributed by atoms with E-state index in [9.17, 15) is 4.79 Å². The number of hydrogen-bond donors (Lipinski definition) is 0. The van der Waals surface area contributed by atoms with E-state index in [1.54, 1.807) is 0 Å². The first-order valence-corrected chi connectivity index (χ1v) is 11.4. The highest BCUT2D eigenvalue weighted by Crippen LogP contribution is 2.52. The lowest BCUT2D eigenvalue weighted by Gasteiger charge is -2.53. The van der Waals surface area contributed by atoms with Crippen LogP contribution in [0.25, 0.3) is 11.1 Å². The fourth-order valence-corrected chi connectivity index (χ4v) is 6.32. The van der Waals surface area contributed by atoms with Gasteiger partial charge >= 0.3 is 0 Å². The Labute approximate surface area is 178 Å². The van der Waals surface area contributed by atoms with Crippen LogP contribution in [-0.4, -0.2) is 29.9 Å². The van der Waals surface area contributed by atoms with E-state index in [2.05, 4.69) is 42.5 Å². The number of ketones is 1. The Kier molecular flexibility index (Phi) is 4.17. The van der Waals surface area contributed by atoms with Gasteiger partial charge in [0.05, 0.1) is 19.6 Å². The van der Waals surface area contributed by atoms with E-state index in [4.69, 9.17) is 0 Å². The molecule has 0 aromatic heterocycles. The average molecular weight is 395 g/mol. The number of piperidine rings is 3. The molecule has 0 N–H and O–H groups in total. The first kappa shape index (κ1) is 18.1. The van der Waals surface area contributed by atoms with Crippen molar-refractivity contribution in [1.82, 2.24) is 0 Å². The van der Waals surface area contributed by atoms with Gasteiger partial charge in [-0.3, -0.25) is 4.79 Å². The molecule has 3 saturated heterocycles. The van der Waals surface area contributed by atoms with Crippen molar-refractivity contribution in [2.45, 2.75) is 31.7 Å². The summed E-state index contributed by atoms with van der Waals surface area (Å²) in [4.78, 5) is 12.8. The standard InChI is InChI=1S/C28H28NO/c30-27(22-6-2-1-3-7-22)19-21-10-11-24-23-8-4-5-9-25(23)28(26(24)18-21)29-15-12-20(13-16-29)14-17-29/h1-11,18,20,28H,12-17,19H2/q+1. The first-order valence-electron chi connectivity index (χ1n) is 11.4. The maximum atomic E-state index is 12.8. The van der Waals surface area contributed by atoms with Gasteiger partial charge in [0.1, 0.15) is 6.04 Å². The Morgan fingerprint density at radius 3 is 2.20 bits per heavy atom. The normalized spacial score (nSPS) is 26.3. The summed E-state index contributed by atoms with van der Waals surface area (Å²) in [6.45, 7) is 3.91. The lowest BCUT2D eigenvalue weighted by atomic mass is 9.82. The van der Waals surface area contributed by atoms with Crippen molar-refractivity contribution in [1.29, 1.82) is 0 Å². The summed E-state index contributed by atoms with van der Waals surface area (Å²) in [5, 5.41) is 0. The van der Waals surface area contributed by atoms with Crippen molar-refractivity contribution in [2.75, 3.05) is 19.6 Å². The van der Waals surface area contributed by atoms with Gasteiger partial charge in [-0.1, -0.05) is 66.7 Å². The van der Waals surface area contributed by atoms with Crippen molar-refractivity contribution in [3.05, 3.63) is 95.1 Å². The summed E-state index contributed by atoms with van der Waals surface area (Å²) >= 11 is 0. The minimum atomic E-state index is 0.202. The van der Waals surface area contributed by atoms with E-state index >= 15 is 0 Å². The van der Waals surface area contributed by atoms with Crippen molar-refractivity contribution in [2.24, 2.45) is 5.92 Å². The molecule has 2 nitrogen and oxygen atoms in total. The number of carbonyl (C=O) groups excluding carboxylic acids is 1. The summed E-state index contributed by atoms with van der Waals surface area (Å²) in [5.74, 6) is 1.16. The molecule has 150 valence electrons. The van der Waals surface area contributed by atoms with E-state index < -0.39 is 0 Å². The Balaban J connectivity index is 1.41. The minimum Gasteiger partial charge on any atom is -0.314 e. The van der Waals surface area contributed by atoms with Crippen LogP contribution in [0.3, 0.4) is 0 Å². The molecule has 0 amide bonds. The molecule has 3 fully saturated rings. The summed E-state index contributed by atoms with van der Waals surface area (Å²) in [7, 11) is 0. The number of carbonyl (C=O) groups is 1. The predicted molar refractivity (Wildman–Crippen MR) is 120 cm³/mol. The molecule has 2 heteroatoms. The van der Waals surface area contributed by atoms with Gasteiger partial charge in [-0.2, -0.15) is 0 Å². The zero-order valence-electron chi connectivity index (χ0n) is 17.4. The van der Waals surface area contributed by atoms with Gasteiger partial charge in [-0.15, -0.1) is 0 Å². The monoisotopic (exact) mass is 394 g/mol. The van der Waals surface area contributed by atoms with Crippen LogP contribution in [0.15, 0.2) is 72.8 Å². The molecule has 7 rings (SSSR count). The molecule has 4 aliphatic rings. The highest BCUT2D eigenvalue weighted by atomic mass is 16.1. The molecule has 1 aliphatic carbocycles. The number of benzene rings is 3. The maximum Gasteiger partial charge on any atom is 0.167 e. The lowest BCUT2D eigenvalue weighted by Crippen LogP contribution is -2.59. The third kappa shape index (κ3) is 2.78. The molecule has 3 aliphatic heterocycles. The number of hydrogen-bond acceptors (Lipinski definition) is 1. The summed E-state index contributed by atoms with van der Waals surface area (Å²) in [6, 6.07) is 25.9. The zero-order valence-corrected chi connectivity index (χ0v) is 17.4. The second-order valence-corrected chi connectivity index (χ2v) is 9.50. The van der Waals surface area contributed by atoms with E-state index in [1.807, 2.05) is 30.3 Å². The Morgan fingerprint density at radius 2 is 1.43 bits per heavy atom. The SMILES string of the molecule is O=C(Cc1ccc2c(c1)C([N+]13CCC(CC1)CC3)c1ccccc1-2)c1ccccc1. The van der Waals surface area contributed by atoms with Gasteiger partial charge in [0.25, 0.3) is 0 Å². The van der Waals surface area contributed by atoms with E-state index in [-0.39, 0.29) is 5.78 Å². The van der Waals surface area contributed by atoms with E-state index in [0.29, 0.717) is 12.5 Å². The summed E-state index contributed by atoms with van der Waals surface area (Å²) in [6.07, 6.45) is 4.60. The molecule has 0 radical (unpaired) electrons. The molecular weight excluding hydrogens is 366 g/mol. The number of rotatable bonds is 4. The smallest absolute Gasteiger partial charge is 0.167 e. The van der Waals surface area contributed by atoms with Crippen LogP contribution in [0.5, 0.6) is 0 Å². The quantitative estimate of drug-likeness (QED) is 0.403. The van der Waals surface area contributed by atoms with Crippen molar-refractivity contribution in [3.8, 4) is 11.1 Å². The van der Waals surface area contributed by atoms with Crippen LogP contribution < -0.4 is 0 Å². The van der Waals surface area contributed by atoms with Crippen LogP contribution in [0.2, 0.25) is 0 Å². The highest BCUT2D eigenvalue weighted by molar-refractivity contribution is 5.97. The number of quaternary nitrogens is 1. The van der Waals surface area contributed by atoms with E-state index in [0.717, 1.165) is 17.0 Å². The molecule has 2 bridgehead atoms. The molecule has 0 saturated carbocycles. The van der Waals surface area contributed by atoms with Crippen LogP contribution >= 0.6 is 0 Å². The van der Waals surface area contributed by atoms with Gasteiger partial charge in [0, 0.05) is 23.1 Å². The third-order valence-corrected chi connectivity index (χ3v) is 7.91. The molecule has 0 spiro atoms. The largest absolute Gasteiger partial charge is 0.314 e. The summed E-state index contributed by atoms with van der Waals surface area (Å²) < 4.78 is 1.22. The molecule has 3 aromatic carbocycles. The van der Waals surface area contributed by atoms with Crippen molar-refractivity contribution in [3.63, 3.8) is 0 Å². The molecule has 3 aromatic rings. The molecule has 1 atom stereocenters. The third-order valence-electron chi connectivity index (χ3n) is 7.91. The predicted octanol–water partition coefficient (Wildman–Crippen LogP) is 5.81. The lowest BCUT2D eigenvalue weighted by molar-refractivity contribution is -0.965. The maximum absolute atomic E-state index is 12.8. The zero-order chi connectivity index (χ0) is 20.1. The molecule has 30 heavy (non-hydrogen) atoms. The highest BCUT2D eigenvalue weighted by Gasteiger charge is 2.49. The average Bonchev–Trinajstić information content (AvgIpc) is 3.15. The molecular formula is C28H28NO+. The van der Waals surface area contributed by atoms with Crippen molar-refractivity contribution < 1.29 is 9.28 Å². The second kappa shape index (κ2) is 6.92. The molecule has 3 heterocycles. The number of Topliss-reactive ketones (excluding diaryl/α,β-unsaturated/α-hetero) is 1. The van der Waals surface area contributed by atoms with Crippen molar-refractivity contribution >= 4 is 5.78 Å². The second-order valence-electron chi connectivity index (χ2n) is 9.50. The first-order chi connectivity index (χ1) is 14.7. The Morgan fingerprint density at radius 1 is 0.767 bits per heavy atom. The van der Waals surface area contributed by atoms with Gasteiger partial charge < -0.3 is 4.48 Å². The van der Waals surface area contributed by atoms with E-state index in [1.165, 1.54) is 65.6 Å². The van der Waals surface area contributed by atoms with Gasteiger partial charge in [0.15, 0.2) is 5.78 Å². The molecule has 1 unspecified atom stereocenters. The Hall–Kier alpha value is -2.71. The van der Waals surface area contributed by atoms with Gasteiger partial charge in [-0.25, -0.2) is 0 Å². The topological polar surface area (TPSA) is 17.1 Å². The van der Waals surface area contributed by atoms with Crippen LogP contribution in [0, 0.1) is 5.92 Å². The summed E-state index contributed by atoms with van der Waals surface area (Å²) in [5.41, 5.74) is 7.68. The van der Waals surface area contributed by atoms with Crippen LogP contribution in [0.4, 0.5) is 0 Å². The van der Waals surface area contributed by atoms with Crippen LogP contribution in [-0.2, 0) is 6.42 Å². The fraction of sp³-hybridized carbons (Fsp3) is 0.321. The fourth-order valence-electron chi connectivity index (χ4n) is 6.32. The van der Waals surface area contributed by atoms with Gasteiger partial charge in [0.2, 0.25) is 0 Å². The van der Waals surface area contributed by atoms with Gasteiger partial charge in [-0.05, 0) is 47.9 Å². The number of nitrogens with zero attached hydrogens (tertiary/aromatic N) is 1.